The molecule has 3 aromatic carbocycles. The number of halogens is 1. The summed E-state index contributed by atoms with van der Waals surface area (Å²) in [6, 6.07) is 21.4. The van der Waals surface area contributed by atoms with Crippen molar-refractivity contribution in [3.63, 3.8) is 0 Å². The van der Waals surface area contributed by atoms with Crippen molar-refractivity contribution in [2.24, 2.45) is 0 Å². The minimum atomic E-state index is -0.202. The highest BCUT2D eigenvalue weighted by Crippen LogP contribution is 2.38. The number of hydrogen-bond donors (Lipinski definition) is 2. The molecule has 1 heterocycles. The van der Waals surface area contributed by atoms with Crippen molar-refractivity contribution in [1.82, 2.24) is 4.98 Å². The molecule has 196 valence electrons. The van der Waals surface area contributed by atoms with E-state index in [2.05, 4.69) is 10.6 Å². The largest absolute Gasteiger partial charge is 0.495 e. The number of aromatic nitrogens is 1. The average molecular weight is 530 g/mol. The minimum absolute atomic E-state index is 0. The number of pyridine rings is 1. The van der Waals surface area contributed by atoms with Gasteiger partial charge in [0.2, 0.25) is 5.91 Å². The van der Waals surface area contributed by atoms with Gasteiger partial charge in [-0.15, -0.1) is 12.4 Å². The number of fused-ring (bicyclic) bond motifs is 2. The number of hydrogen-bond acceptors (Lipinski definition) is 5. The predicted octanol–water partition coefficient (Wildman–Crippen LogP) is 7.34. The summed E-state index contributed by atoms with van der Waals surface area (Å²) >= 11 is 0. The number of anilines is 3. The van der Waals surface area contributed by atoms with E-state index in [0.717, 1.165) is 70.7 Å². The van der Waals surface area contributed by atoms with Crippen LogP contribution in [0.1, 0.15) is 36.6 Å². The van der Waals surface area contributed by atoms with Gasteiger partial charge in [0.15, 0.2) is 0 Å². The van der Waals surface area contributed by atoms with E-state index in [9.17, 15) is 4.79 Å². The molecule has 0 fully saturated rings. The summed E-state index contributed by atoms with van der Waals surface area (Å²) in [6.07, 6.45) is 7.54. The molecule has 0 bridgehead atoms. The number of benzene rings is 3. The number of aryl methyl sites for hydroxylation is 1. The van der Waals surface area contributed by atoms with Crippen LogP contribution in [0.4, 0.5) is 17.1 Å². The standard InChI is InChI=1S/C31H31N3O3.ClH/c1-3-37-23-10-8-9-21(19-23)15-18-30(35)32-22-16-17-27-25(20-22)31(24-11-4-5-12-26(24)33-27)34-28-13-6-7-14-29(28)36-2;/h6-10,13-20H,3-5,11-12H2,1-2H3,(H,32,35)(H,33,34);1H. The monoisotopic (exact) mass is 529 g/mol. The van der Waals surface area contributed by atoms with Crippen LogP contribution in [0, 0.1) is 0 Å². The van der Waals surface area contributed by atoms with Gasteiger partial charge >= 0.3 is 0 Å². The summed E-state index contributed by atoms with van der Waals surface area (Å²) in [5, 5.41) is 7.60. The van der Waals surface area contributed by atoms with Crippen LogP contribution >= 0.6 is 12.4 Å². The molecular formula is C31H32ClN3O3. The van der Waals surface area contributed by atoms with Crippen molar-refractivity contribution in [2.45, 2.75) is 32.6 Å². The second-order valence-electron chi connectivity index (χ2n) is 9.00. The van der Waals surface area contributed by atoms with Crippen LogP contribution in [-0.2, 0) is 17.6 Å². The third-order valence-corrected chi connectivity index (χ3v) is 6.49. The summed E-state index contributed by atoms with van der Waals surface area (Å²) in [5.74, 6) is 1.36. The molecule has 1 amide bonds. The number of nitrogens with one attached hydrogen (secondary N) is 2. The van der Waals surface area contributed by atoms with Gasteiger partial charge in [-0.3, -0.25) is 9.78 Å². The van der Waals surface area contributed by atoms with Gasteiger partial charge in [0.25, 0.3) is 0 Å². The molecule has 1 aliphatic carbocycles. The highest BCUT2D eigenvalue weighted by Gasteiger charge is 2.19. The molecule has 0 unspecified atom stereocenters. The van der Waals surface area contributed by atoms with Gasteiger partial charge in [0.1, 0.15) is 11.5 Å². The number of methoxy groups -OCH3 is 1. The Hall–Kier alpha value is -4.03. The van der Waals surface area contributed by atoms with Crippen molar-refractivity contribution in [3.8, 4) is 11.5 Å². The number of ether oxygens (including phenoxy) is 2. The number of rotatable bonds is 8. The van der Waals surface area contributed by atoms with E-state index in [-0.39, 0.29) is 18.3 Å². The first kappa shape index (κ1) is 27.0. The number of carbonyl (C=O) groups excluding carboxylic acids is 1. The van der Waals surface area contributed by atoms with Crippen LogP contribution in [0.2, 0.25) is 0 Å². The van der Waals surface area contributed by atoms with Crippen LogP contribution in [0.25, 0.3) is 17.0 Å². The van der Waals surface area contributed by atoms with Crippen LogP contribution in [0.15, 0.2) is 72.8 Å². The van der Waals surface area contributed by atoms with Crippen LogP contribution in [0.3, 0.4) is 0 Å². The van der Waals surface area contributed by atoms with Crippen molar-refractivity contribution in [2.75, 3.05) is 24.4 Å². The van der Waals surface area contributed by atoms with Crippen LogP contribution in [0.5, 0.6) is 11.5 Å². The van der Waals surface area contributed by atoms with E-state index >= 15 is 0 Å². The molecular weight excluding hydrogens is 498 g/mol. The average Bonchev–Trinajstić information content (AvgIpc) is 2.93. The first-order valence-corrected chi connectivity index (χ1v) is 12.7. The summed E-state index contributed by atoms with van der Waals surface area (Å²) in [6.45, 7) is 2.55. The van der Waals surface area contributed by atoms with Crippen molar-refractivity contribution in [3.05, 3.63) is 89.6 Å². The fourth-order valence-electron chi connectivity index (χ4n) is 4.76. The molecule has 1 aliphatic rings. The smallest absolute Gasteiger partial charge is 0.248 e. The zero-order valence-electron chi connectivity index (χ0n) is 21.6. The Balaban J connectivity index is 0.00000336. The quantitative estimate of drug-likeness (QED) is 0.234. The van der Waals surface area contributed by atoms with Crippen molar-refractivity contribution < 1.29 is 14.3 Å². The highest BCUT2D eigenvalue weighted by atomic mass is 35.5. The lowest BCUT2D eigenvalue weighted by Crippen LogP contribution is -2.11. The minimum Gasteiger partial charge on any atom is -0.495 e. The number of carbonyl (C=O) groups is 1. The molecule has 0 spiro atoms. The van der Waals surface area contributed by atoms with Crippen molar-refractivity contribution in [1.29, 1.82) is 0 Å². The molecule has 7 heteroatoms. The van der Waals surface area contributed by atoms with Gasteiger partial charge in [0, 0.05) is 22.8 Å². The SMILES string of the molecule is CCOc1cccc(C=CC(=O)Nc2ccc3nc4c(c(Nc5ccccc5OC)c3c2)CCCC4)c1.Cl. The molecule has 6 nitrogen and oxygen atoms in total. The molecule has 2 N–H and O–H groups in total. The van der Waals surface area contributed by atoms with Gasteiger partial charge in [-0.05, 0) is 92.3 Å². The molecule has 4 aromatic rings. The summed E-state index contributed by atoms with van der Waals surface area (Å²) in [4.78, 5) is 17.7. The van der Waals surface area contributed by atoms with Gasteiger partial charge in [0.05, 0.1) is 30.6 Å². The van der Waals surface area contributed by atoms with Gasteiger partial charge in [-0.1, -0.05) is 24.3 Å². The zero-order valence-corrected chi connectivity index (χ0v) is 22.4. The maximum absolute atomic E-state index is 12.7. The Morgan fingerprint density at radius 2 is 1.87 bits per heavy atom. The third kappa shape index (κ3) is 6.09. The van der Waals surface area contributed by atoms with Crippen LogP contribution in [-0.4, -0.2) is 24.6 Å². The van der Waals surface area contributed by atoms with Gasteiger partial charge < -0.3 is 20.1 Å². The molecule has 5 rings (SSSR count). The summed E-state index contributed by atoms with van der Waals surface area (Å²) < 4.78 is 11.1. The number of nitrogens with zero attached hydrogens (tertiary/aromatic N) is 1. The van der Waals surface area contributed by atoms with E-state index in [1.54, 1.807) is 13.2 Å². The predicted molar refractivity (Wildman–Crippen MR) is 157 cm³/mol. The molecule has 0 aliphatic heterocycles. The lowest BCUT2D eigenvalue weighted by Gasteiger charge is -2.22. The number of para-hydroxylation sites is 2. The lowest BCUT2D eigenvalue weighted by molar-refractivity contribution is -0.111. The molecule has 0 radical (unpaired) electrons. The molecule has 0 saturated heterocycles. The molecule has 1 aromatic heterocycles. The van der Waals surface area contributed by atoms with E-state index in [1.165, 1.54) is 11.6 Å². The molecule has 0 atom stereocenters. The van der Waals surface area contributed by atoms with Gasteiger partial charge in [-0.2, -0.15) is 0 Å². The van der Waals surface area contributed by atoms with Crippen molar-refractivity contribution >= 4 is 52.4 Å². The normalized spacial score (nSPS) is 12.5. The molecule has 38 heavy (non-hydrogen) atoms. The Morgan fingerprint density at radius 1 is 1.03 bits per heavy atom. The Labute approximate surface area is 229 Å². The van der Waals surface area contributed by atoms with Gasteiger partial charge in [-0.25, -0.2) is 0 Å². The highest BCUT2D eigenvalue weighted by molar-refractivity contribution is 6.04. The second-order valence-corrected chi connectivity index (χ2v) is 9.00. The maximum Gasteiger partial charge on any atom is 0.248 e. The third-order valence-electron chi connectivity index (χ3n) is 6.49. The van der Waals surface area contributed by atoms with E-state index < -0.39 is 0 Å². The first-order valence-electron chi connectivity index (χ1n) is 12.7. The van der Waals surface area contributed by atoms with E-state index in [1.807, 2.05) is 73.7 Å². The van der Waals surface area contributed by atoms with E-state index in [4.69, 9.17) is 14.5 Å². The summed E-state index contributed by atoms with van der Waals surface area (Å²) in [7, 11) is 1.68. The summed E-state index contributed by atoms with van der Waals surface area (Å²) in [5.41, 5.74) is 6.83. The van der Waals surface area contributed by atoms with Crippen LogP contribution < -0.4 is 20.1 Å². The fourth-order valence-corrected chi connectivity index (χ4v) is 4.76. The Kier molecular flexibility index (Phi) is 8.87. The fraction of sp³-hybridized carbons (Fsp3) is 0.226. The number of amides is 1. The second kappa shape index (κ2) is 12.5. The van der Waals surface area contributed by atoms with E-state index in [0.29, 0.717) is 12.3 Å². The molecule has 0 saturated carbocycles. The zero-order chi connectivity index (χ0) is 25.6. The topological polar surface area (TPSA) is 72.5 Å². The Bertz CT molecular complexity index is 1470. The maximum atomic E-state index is 12.7. The lowest BCUT2D eigenvalue weighted by atomic mass is 9.92. The Morgan fingerprint density at radius 3 is 2.71 bits per heavy atom. The first-order chi connectivity index (χ1) is 18.1.